The molecule has 0 radical (unpaired) electrons. The number of nitrogens with zero attached hydrogens (tertiary/aromatic N) is 3. The van der Waals surface area contributed by atoms with Gasteiger partial charge in [0, 0.05) is 11.6 Å². The summed E-state index contributed by atoms with van der Waals surface area (Å²) in [5, 5.41) is 13.6. The van der Waals surface area contributed by atoms with Crippen molar-refractivity contribution in [1.82, 2.24) is 9.38 Å². The number of carbonyl (C=O) groups is 1. The van der Waals surface area contributed by atoms with Crippen LogP contribution in [0.5, 0.6) is 0 Å². The molecule has 0 aliphatic heterocycles. The zero-order valence-electron chi connectivity index (χ0n) is 14.6. The average molecular weight is 360 g/mol. The van der Waals surface area contributed by atoms with Crippen LogP contribution in [0.4, 0.5) is 5.69 Å². The number of ether oxygens (including phenoxy) is 1. The Labute approximate surface area is 154 Å². The third-order valence-corrected chi connectivity index (χ3v) is 4.24. The number of benzene rings is 1. The first-order valence-corrected chi connectivity index (χ1v) is 8.49. The third kappa shape index (κ3) is 2.98. The molecule has 0 atom stereocenters. The Hall–Kier alpha value is -3.79. The molecule has 0 spiro atoms. The highest BCUT2D eigenvalue weighted by atomic mass is 16.5. The topological polar surface area (TPSA) is 92.6 Å². The van der Waals surface area contributed by atoms with Crippen molar-refractivity contribution >= 4 is 28.2 Å². The fourth-order valence-electron chi connectivity index (χ4n) is 3.03. The van der Waals surface area contributed by atoms with Gasteiger partial charge in [-0.3, -0.25) is 4.40 Å². The van der Waals surface area contributed by atoms with E-state index in [1.807, 2.05) is 34.7 Å². The van der Waals surface area contributed by atoms with Gasteiger partial charge in [0.25, 0.3) is 0 Å². The fourth-order valence-corrected chi connectivity index (χ4v) is 3.03. The minimum Gasteiger partial charge on any atom is -0.467 e. The second kappa shape index (κ2) is 6.84. The summed E-state index contributed by atoms with van der Waals surface area (Å²) in [6.45, 7) is 2.50. The lowest BCUT2D eigenvalue weighted by atomic mass is 10.1. The van der Waals surface area contributed by atoms with E-state index in [9.17, 15) is 10.1 Å². The largest absolute Gasteiger partial charge is 0.467 e. The molecule has 0 aliphatic carbocycles. The first-order valence-electron chi connectivity index (χ1n) is 8.49. The van der Waals surface area contributed by atoms with E-state index in [4.69, 9.17) is 9.15 Å². The molecule has 134 valence electrons. The number of nitriles is 1. The molecular weight excluding hydrogens is 344 g/mol. The van der Waals surface area contributed by atoms with E-state index in [-0.39, 0.29) is 5.69 Å². The van der Waals surface area contributed by atoms with Gasteiger partial charge in [-0.2, -0.15) is 5.26 Å². The van der Waals surface area contributed by atoms with E-state index in [2.05, 4.69) is 16.4 Å². The van der Waals surface area contributed by atoms with Gasteiger partial charge in [0.2, 0.25) is 0 Å². The van der Waals surface area contributed by atoms with Crippen LogP contribution in [0.2, 0.25) is 0 Å². The number of nitrogens with one attached hydrogen (secondary N) is 1. The van der Waals surface area contributed by atoms with Gasteiger partial charge in [-0.15, -0.1) is 0 Å². The monoisotopic (exact) mass is 360 g/mol. The molecule has 3 aromatic heterocycles. The van der Waals surface area contributed by atoms with E-state index in [0.717, 1.165) is 16.7 Å². The molecule has 0 saturated heterocycles. The van der Waals surface area contributed by atoms with Crippen molar-refractivity contribution in [1.29, 1.82) is 5.26 Å². The Kier molecular flexibility index (Phi) is 4.22. The average Bonchev–Trinajstić information content (AvgIpc) is 3.35. The van der Waals surface area contributed by atoms with Crippen molar-refractivity contribution in [2.24, 2.45) is 0 Å². The summed E-state index contributed by atoms with van der Waals surface area (Å²) < 4.78 is 12.2. The van der Waals surface area contributed by atoms with Crippen LogP contribution in [0.15, 0.2) is 53.3 Å². The molecule has 1 aromatic carbocycles. The molecular formula is C20H16N4O3. The van der Waals surface area contributed by atoms with Gasteiger partial charge >= 0.3 is 5.97 Å². The number of imidazole rings is 1. The highest BCUT2D eigenvalue weighted by Gasteiger charge is 2.15. The quantitative estimate of drug-likeness (QED) is 0.545. The number of hydrogen-bond acceptors (Lipinski definition) is 6. The van der Waals surface area contributed by atoms with Gasteiger partial charge in [-0.05, 0) is 43.3 Å². The van der Waals surface area contributed by atoms with Crippen molar-refractivity contribution in [3.05, 3.63) is 65.9 Å². The number of fused-ring (bicyclic) bond motifs is 3. The molecule has 0 unspecified atom stereocenters. The normalized spacial score (nSPS) is 10.8. The first kappa shape index (κ1) is 16.7. The number of rotatable bonds is 5. The zero-order valence-corrected chi connectivity index (χ0v) is 14.6. The van der Waals surface area contributed by atoms with Crippen LogP contribution < -0.4 is 5.32 Å². The second-order valence-corrected chi connectivity index (χ2v) is 5.87. The molecule has 0 amide bonds. The second-order valence-electron chi connectivity index (χ2n) is 5.87. The molecule has 7 nitrogen and oxygen atoms in total. The smallest absolute Gasteiger partial charge is 0.358 e. The van der Waals surface area contributed by atoms with Gasteiger partial charge < -0.3 is 14.5 Å². The number of furan rings is 1. The van der Waals surface area contributed by atoms with Crippen LogP contribution >= 0.6 is 0 Å². The van der Waals surface area contributed by atoms with Crippen molar-refractivity contribution in [3.8, 4) is 6.07 Å². The van der Waals surface area contributed by atoms with Gasteiger partial charge in [0.1, 0.15) is 17.5 Å². The lowest BCUT2D eigenvalue weighted by molar-refractivity contribution is 0.0520. The van der Waals surface area contributed by atoms with E-state index >= 15 is 0 Å². The van der Waals surface area contributed by atoms with Crippen LogP contribution in [0.3, 0.4) is 0 Å². The maximum atomic E-state index is 12.0. The molecule has 4 aromatic rings. The Morgan fingerprint density at radius 1 is 1.33 bits per heavy atom. The maximum absolute atomic E-state index is 12.0. The van der Waals surface area contributed by atoms with Crippen LogP contribution in [-0.4, -0.2) is 22.0 Å². The Balaban J connectivity index is 1.82. The molecule has 27 heavy (non-hydrogen) atoms. The van der Waals surface area contributed by atoms with Crippen LogP contribution in [0.25, 0.3) is 16.6 Å². The highest BCUT2D eigenvalue weighted by Crippen LogP contribution is 2.29. The van der Waals surface area contributed by atoms with Crippen molar-refractivity contribution < 1.29 is 13.9 Å². The van der Waals surface area contributed by atoms with Gasteiger partial charge in [0.15, 0.2) is 5.69 Å². The molecule has 0 aliphatic rings. The van der Waals surface area contributed by atoms with Crippen molar-refractivity contribution in [2.75, 3.05) is 11.9 Å². The van der Waals surface area contributed by atoms with Gasteiger partial charge in [-0.1, -0.05) is 0 Å². The SMILES string of the molecule is CCOC(=O)c1cn2c(ccc3c(NCc4ccco4)c(C#N)ccc32)n1. The van der Waals surface area contributed by atoms with Gasteiger partial charge in [0.05, 0.1) is 36.2 Å². The summed E-state index contributed by atoms with van der Waals surface area (Å²) in [4.78, 5) is 16.3. The predicted molar refractivity (Wildman–Crippen MR) is 99.4 cm³/mol. The Morgan fingerprint density at radius 3 is 2.96 bits per heavy atom. The number of hydrogen-bond donors (Lipinski definition) is 1. The highest BCUT2D eigenvalue weighted by molar-refractivity contribution is 5.97. The molecule has 1 N–H and O–H groups in total. The van der Waals surface area contributed by atoms with E-state index < -0.39 is 5.97 Å². The minimum absolute atomic E-state index is 0.249. The van der Waals surface area contributed by atoms with E-state index in [1.54, 1.807) is 25.5 Å². The number of anilines is 1. The zero-order chi connectivity index (χ0) is 18.8. The van der Waals surface area contributed by atoms with Crippen LogP contribution in [0, 0.1) is 11.3 Å². The summed E-state index contributed by atoms with van der Waals surface area (Å²) in [5.41, 5.74) is 2.95. The van der Waals surface area contributed by atoms with E-state index in [0.29, 0.717) is 30.0 Å². The number of carbonyl (C=O) groups excluding carboxylic acids is 1. The third-order valence-electron chi connectivity index (χ3n) is 4.24. The summed E-state index contributed by atoms with van der Waals surface area (Å²) in [5.74, 6) is 0.309. The van der Waals surface area contributed by atoms with Gasteiger partial charge in [-0.25, -0.2) is 9.78 Å². The summed E-state index contributed by atoms with van der Waals surface area (Å²) >= 11 is 0. The van der Waals surface area contributed by atoms with Crippen molar-refractivity contribution in [2.45, 2.75) is 13.5 Å². The molecule has 7 heteroatoms. The Morgan fingerprint density at radius 2 is 2.22 bits per heavy atom. The minimum atomic E-state index is -0.459. The first-order chi connectivity index (χ1) is 13.2. The summed E-state index contributed by atoms with van der Waals surface area (Å²) in [6, 6.07) is 13.2. The van der Waals surface area contributed by atoms with Crippen LogP contribution in [-0.2, 0) is 11.3 Å². The summed E-state index contributed by atoms with van der Waals surface area (Å²) in [6.07, 6.45) is 3.26. The standard InChI is InChI=1S/C20H16N4O3/c1-2-26-20(25)16-12-24-17-7-5-13(10-21)19(15(17)6-8-18(24)23-16)22-11-14-4-3-9-27-14/h3-9,12,22H,2,11H2,1H3. The lowest BCUT2D eigenvalue weighted by Crippen LogP contribution is -2.04. The maximum Gasteiger partial charge on any atom is 0.358 e. The van der Waals surface area contributed by atoms with E-state index in [1.165, 1.54) is 0 Å². The number of pyridine rings is 1. The van der Waals surface area contributed by atoms with Crippen molar-refractivity contribution in [3.63, 3.8) is 0 Å². The number of esters is 1. The summed E-state index contributed by atoms with van der Waals surface area (Å²) in [7, 11) is 0. The molecule has 4 rings (SSSR count). The molecule has 0 saturated carbocycles. The lowest BCUT2D eigenvalue weighted by Gasteiger charge is -2.12. The predicted octanol–water partition coefficient (Wildman–Crippen LogP) is 3.74. The molecule has 0 bridgehead atoms. The van der Waals surface area contributed by atoms with Crippen LogP contribution in [0.1, 0.15) is 28.7 Å². The Bertz CT molecular complexity index is 1170. The molecule has 3 heterocycles. The molecule has 0 fully saturated rings. The number of aromatic nitrogens is 2. The fraction of sp³-hybridized carbons (Fsp3) is 0.150.